The smallest absolute Gasteiger partial charge is 0.306 e. The molecule has 0 aliphatic heterocycles. The lowest BCUT2D eigenvalue weighted by atomic mass is 10.0. The number of hydrogen-bond acceptors (Lipinski definition) is 6. The van der Waals surface area contributed by atoms with E-state index in [9.17, 15) is 14.4 Å². The Bertz CT molecular complexity index is 1700. The van der Waals surface area contributed by atoms with E-state index >= 15 is 0 Å². The van der Waals surface area contributed by atoms with Crippen LogP contribution in [0, 0.1) is 0 Å². The second-order valence-corrected chi connectivity index (χ2v) is 21.6. The first-order chi connectivity index (χ1) is 39.5. The Labute approximate surface area is 494 Å². The number of carbonyl (C=O) groups excluding carboxylic acids is 3. The normalized spacial score (nSPS) is 13.0. The molecule has 0 rings (SSSR count). The van der Waals surface area contributed by atoms with E-state index in [0.717, 1.165) is 96.3 Å². The largest absolute Gasteiger partial charge is 0.462 e. The van der Waals surface area contributed by atoms with Crippen LogP contribution in [0.5, 0.6) is 0 Å². The van der Waals surface area contributed by atoms with Crippen LogP contribution in [0.15, 0.2) is 134 Å². The molecule has 0 saturated heterocycles. The molecule has 0 radical (unpaired) electrons. The summed E-state index contributed by atoms with van der Waals surface area (Å²) in [6.07, 6.45) is 95.0. The molecule has 1 atom stereocenters. The number of hydrogen-bond donors (Lipinski definition) is 0. The maximum Gasteiger partial charge on any atom is 0.306 e. The highest BCUT2D eigenvalue weighted by Gasteiger charge is 2.19. The molecule has 0 aromatic heterocycles. The van der Waals surface area contributed by atoms with E-state index in [2.05, 4.69) is 142 Å². The average molecular weight is 1110 g/mol. The van der Waals surface area contributed by atoms with Crippen molar-refractivity contribution in [2.75, 3.05) is 13.2 Å². The molecule has 0 aromatic carbocycles. The van der Waals surface area contributed by atoms with Gasteiger partial charge in [0.05, 0.1) is 0 Å². The van der Waals surface area contributed by atoms with Gasteiger partial charge in [0, 0.05) is 19.3 Å². The molecular weight excluding hydrogens is 985 g/mol. The van der Waals surface area contributed by atoms with Gasteiger partial charge in [0.25, 0.3) is 0 Å². The molecule has 0 spiro atoms. The summed E-state index contributed by atoms with van der Waals surface area (Å²) in [5, 5.41) is 0. The highest BCUT2D eigenvalue weighted by atomic mass is 16.6. The van der Waals surface area contributed by atoms with Crippen molar-refractivity contribution < 1.29 is 28.6 Å². The Morgan fingerprint density at radius 1 is 0.263 bits per heavy atom. The topological polar surface area (TPSA) is 78.9 Å². The van der Waals surface area contributed by atoms with Crippen molar-refractivity contribution in [3.63, 3.8) is 0 Å². The van der Waals surface area contributed by atoms with E-state index in [4.69, 9.17) is 14.2 Å². The Morgan fingerprint density at radius 2 is 0.512 bits per heavy atom. The van der Waals surface area contributed by atoms with Crippen LogP contribution in [-0.2, 0) is 28.6 Å². The maximum absolute atomic E-state index is 12.9. The molecule has 0 amide bonds. The van der Waals surface area contributed by atoms with Crippen LogP contribution in [0.2, 0.25) is 0 Å². The van der Waals surface area contributed by atoms with Gasteiger partial charge in [0.1, 0.15) is 13.2 Å². The van der Waals surface area contributed by atoms with Crippen LogP contribution in [0.25, 0.3) is 0 Å². The van der Waals surface area contributed by atoms with Crippen molar-refractivity contribution in [1.82, 2.24) is 0 Å². The molecule has 0 bridgehead atoms. The Hall–Kier alpha value is -4.45. The molecule has 0 N–H and O–H groups in total. The summed E-state index contributed by atoms with van der Waals surface area (Å²) in [7, 11) is 0. The molecule has 0 aliphatic rings. The van der Waals surface area contributed by atoms with Gasteiger partial charge >= 0.3 is 17.9 Å². The third-order valence-electron chi connectivity index (χ3n) is 13.9. The molecule has 6 heteroatoms. The molecule has 454 valence electrons. The first-order valence-corrected chi connectivity index (χ1v) is 33.2. The van der Waals surface area contributed by atoms with Gasteiger partial charge in [-0.2, -0.15) is 0 Å². The van der Waals surface area contributed by atoms with Crippen LogP contribution in [0.3, 0.4) is 0 Å². The van der Waals surface area contributed by atoms with E-state index in [1.807, 2.05) is 12.2 Å². The summed E-state index contributed by atoms with van der Waals surface area (Å²) >= 11 is 0. The molecule has 1 unspecified atom stereocenters. The predicted octanol–water partition coefficient (Wildman–Crippen LogP) is 22.9. The summed E-state index contributed by atoms with van der Waals surface area (Å²) in [6.45, 7) is 6.32. The number of rotatable bonds is 59. The molecule has 0 fully saturated rings. The molecule has 0 heterocycles. The van der Waals surface area contributed by atoms with Crippen molar-refractivity contribution in [3.8, 4) is 0 Å². The summed E-state index contributed by atoms with van der Waals surface area (Å²) in [5.74, 6) is -1.07. The first kappa shape index (κ1) is 75.5. The lowest BCUT2D eigenvalue weighted by Crippen LogP contribution is -2.30. The van der Waals surface area contributed by atoms with E-state index in [1.165, 1.54) is 148 Å². The number of carbonyl (C=O) groups is 3. The first-order valence-electron chi connectivity index (χ1n) is 33.2. The van der Waals surface area contributed by atoms with Gasteiger partial charge in [-0.3, -0.25) is 14.4 Å². The highest BCUT2D eigenvalue weighted by Crippen LogP contribution is 2.17. The standard InChI is InChI=1S/C74H122O6/c1-4-7-10-13-16-19-22-25-27-29-31-33-35-36-37-39-40-42-44-46-49-52-55-58-61-64-67-73(76)79-70-71(69-78-72(75)66-63-60-57-54-51-48-24-21-18-15-12-9-6-3)80-74(77)68-65-62-59-56-53-50-47-45-43-41-38-34-32-30-28-26-23-20-17-14-11-8-5-2/h8-9,11-12,17-18,20-21,26,28,32,34,41,43,47-48,50-51,56-57,59-60,71H,4-7,10,13-16,19,22-25,27,29-31,33,35-40,42,44-46,49,52-55,58,61-70H2,1-3H3/b11-8-,12-9-,20-17-,21-18-,28-26-,34-32-,43-41-,50-47-,51-48-,59-56-,60-57-. The lowest BCUT2D eigenvalue weighted by molar-refractivity contribution is -0.166. The molecule has 0 aromatic rings. The molecule has 0 saturated carbocycles. The second-order valence-electron chi connectivity index (χ2n) is 21.6. The zero-order valence-corrected chi connectivity index (χ0v) is 52.0. The Balaban J connectivity index is 4.41. The van der Waals surface area contributed by atoms with Gasteiger partial charge in [0.15, 0.2) is 6.10 Å². The van der Waals surface area contributed by atoms with Crippen LogP contribution in [0.4, 0.5) is 0 Å². The summed E-state index contributed by atoms with van der Waals surface area (Å²) < 4.78 is 16.8. The fraction of sp³-hybridized carbons (Fsp3) is 0.662. The quantitative estimate of drug-likeness (QED) is 0.0261. The third kappa shape index (κ3) is 64.4. The highest BCUT2D eigenvalue weighted by molar-refractivity contribution is 5.71. The maximum atomic E-state index is 12.9. The van der Waals surface area contributed by atoms with Crippen molar-refractivity contribution in [1.29, 1.82) is 0 Å². The fourth-order valence-electron chi connectivity index (χ4n) is 9.04. The van der Waals surface area contributed by atoms with E-state index in [0.29, 0.717) is 19.3 Å². The SMILES string of the molecule is CC/C=C\C/C=C\C/C=C\C/C=C\C/C=C\C/C=C\C/C=C\CCCC(=O)OC(COC(=O)CC/C=C\C/C=C\C/C=C\C/C=C\CC)COC(=O)CCCCCCCCCCCCCCCCCCCCCCCCCCCC. The van der Waals surface area contributed by atoms with Crippen LogP contribution < -0.4 is 0 Å². The van der Waals surface area contributed by atoms with E-state index in [-0.39, 0.29) is 44.0 Å². The zero-order chi connectivity index (χ0) is 57.8. The summed E-state index contributed by atoms with van der Waals surface area (Å²) in [5.41, 5.74) is 0. The summed E-state index contributed by atoms with van der Waals surface area (Å²) in [6, 6.07) is 0. The van der Waals surface area contributed by atoms with E-state index < -0.39 is 6.10 Å². The van der Waals surface area contributed by atoms with Gasteiger partial charge in [-0.25, -0.2) is 0 Å². The third-order valence-corrected chi connectivity index (χ3v) is 13.9. The van der Waals surface area contributed by atoms with Crippen molar-refractivity contribution in [2.45, 2.75) is 303 Å². The zero-order valence-electron chi connectivity index (χ0n) is 52.0. The van der Waals surface area contributed by atoms with Crippen molar-refractivity contribution >= 4 is 17.9 Å². The Kier molecular flexibility index (Phi) is 63.3. The van der Waals surface area contributed by atoms with Gasteiger partial charge in [-0.05, 0) is 96.3 Å². The number of esters is 3. The van der Waals surface area contributed by atoms with Crippen molar-refractivity contribution in [2.24, 2.45) is 0 Å². The minimum Gasteiger partial charge on any atom is -0.462 e. The molecule has 0 aliphatic carbocycles. The van der Waals surface area contributed by atoms with Crippen LogP contribution >= 0.6 is 0 Å². The minimum absolute atomic E-state index is 0.125. The van der Waals surface area contributed by atoms with Crippen LogP contribution in [0.1, 0.15) is 297 Å². The summed E-state index contributed by atoms with van der Waals surface area (Å²) in [4.78, 5) is 38.3. The molecular formula is C74H122O6. The van der Waals surface area contributed by atoms with Gasteiger partial charge in [-0.15, -0.1) is 0 Å². The predicted molar refractivity (Wildman–Crippen MR) is 348 cm³/mol. The molecule has 80 heavy (non-hydrogen) atoms. The second kappa shape index (κ2) is 67.1. The Morgan fingerprint density at radius 3 is 0.825 bits per heavy atom. The molecule has 6 nitrogen and oxygen atoms in total. The van der Waals surface area contributed by atoms with E-state index in [1.54, 1.807) is 0 Å². The average Bonchev–Trinajstić information content (AvgIpc) is 3.46. The van der Waals surface area contributed by atoms with Crippen molar-refractivity contribution in [3.05, 3.63) is 134 Å². The van der Waals surface area contributed by atoms with Gasteiger partial charge in [0.2, 0.25) is 0 Å². The number of unbranched alkanes of at least 4 members (excludes halogenated alkanes) is 26. The van der Waals surface area contributed by atoms with Gasteiger partial charge < -0.3 is 14.2 Å². The number of ether oxygens (including phenoxy) is 3. The van der Waals surface area contributed by atoms with Gasteiger partial charge in [-0.1, -0.05) is 315 Å². The lowest BCUT2D eigenvalue weighted by Gasteiger charge is -2.18. The monoisotopic (exact) mass is 1110 g/mol. The van der Waals surface area contributed by atoms with Crippen LogP contribution in [-0.4, -0.2) is 37.2 Å². The fourth-order valence-corrected chi connectivity index (χ4v) is 9.04. The number of allylic oxidation sites excluding steroid dienone is 22. The minimum atomic E-state index is -0.842.